The third kappa shape index (κ3) is 9.81. The molecule has 0 radical (unpaired) electrons. The van der Waals surface area contributed by atoms with E-state index in [9.17, 15) is 0 Å². The fourth-order valence-corrected chi connectivity index (χ4v) is 1.74. The molecule has 0 heterocycles. The molecule has 0 aliphatic heterocycles. The SMILES string of the molecule is C#CCOc1ccc(Cl)cc1CNCCNCCO.Cl.Cl. The van der Waals surface area contributed by atoms with E-state index in [1.54, 1.807) is 6.07 Å². The van der Waals surface area contributed by atoms with Gasteiger partial charge in [-0.1, -0.05) is 17.5 Å². The van der Waals surface area contributed by atoms with Gasteiger partial charge in [0.1, 0.15) is 12.4 Å². The van der Waals surface area contributed by atoms with E-state index < -0.39 is 0 Å². The summed E-state index contributed by atoms with van der Waals surface area (Å²) in [5.41, 5.74) is 0.977. The van der Waals surface area contributed by atoms with Crippen molar-refractivity contribution >= 4 is 36.4 Å². The second kappa shape index (κ2) is 14.3. The number of terminal acetylenes is 1. The van der Waals surface area contributed by atoms with Crippen LogP contribution in [0.1, 0.15) is 5.56 Å². The number of hydrogen-bond donors (Lipinski definition) is 3. The second-order valence-corrected chi connectivity index (χ2v) is 4.33. The van der Waals surface area contributed by atoms with Crippen LogP contribution in [0, 0.1) is 12.3 Å². The lowest BCUT2D eigenvalue weighted by Gasteiger charge is -2.11. The summed E-state index contributed by atoms with van der Waals surface area (Å²) in [7, 11) is 0. The van der Waals surface area contributed by atoms with E-state index in [1.165, 1.54) is 0 Å². The predicted octanol–water partition coefficient (Wildman–Crippen LogP) is 1.87. The van der Waals surface area contributed by atoms with Crippen LogP contribution in [0.4, 0.5) is 0 Å². The molecule has 7 heteroatoms. The highest BCUT2D eigenvalue weighted by molar-refractivity contribution is 6.30. The first-order valence-corrected chi connectivity index (χ1v) is 6.52. The zero-order valence-corrected chi connectivity index (χ0v) is 14.0. The maximum Gasteiger partial charge on any atom is 0.148 e. The van der Waals surface area contributed by atoms with Gasteiger partial charge in [-0.15, -0.1) is 31.2 Å². The highest BCUT2D eigenvalue weighted by Crippen LogP contribution is 2.22. The normalized spacial score (nSPS) is 9.19. The monoisotopic (exact) mass is 354 g/mol. The van der Waals surface area contributed by atoms with E-state index in [4.69, 9.17) is 27.9 Å². The minimum Gasteiger partial charge on any atom is -0.481 e. The van der Waals surface area contributed by atoms with Crippen LogP contribution in [0.2, 0.25) is 5.02 Å². The van der Waals surface area contributed by atoms with Crippen LogP contribution in [0.15, 0.2) is 18.2 Å². The molecule has 0 saturated carbocycles. The molecule has 1 rings (SSSR count). The van der Waals surface area contributed by atoms with Gasteiger partial charge in [-0.25, -0.2) is 0 Å². The molecule has 0 saturated heterocycles. The van der Waals surface area contributed by atoms with Crippen molar-refractivity contribution in [3.63, 3.8) is 0 Å². The topological polar surface area (TPSA) is 53.5 Å². The summed E-state index contributed by atoms with van der Waals surface area (Å²) >= 11 is 5.97. The molecule has 0 fully saturated rings. The maximum atomic E-state index is 8.62. The lowest BCUT2D eigenvalue weighted by atomic mass is 10.2. The highest BCUT2D eigenvalue weighted by atomic mass is 35.5. The Bertz CT molecular complexity index is 425. The molecule has 0 aromatic heterocycles. The Morgan fingerprint density at radius 3 is 2.57 bits per heavy atom. The molecule has 0 aliphatic carbocycles. The lowest BCUT2D eigenvalue weighted by molar-refractivity contribution is 0.292. The van der Waals surface area contributed by atoms with E-state index in [-0.39, 0.29) is 38.0 Å². The van der Waals surface area contributed by atoms with E-state index >= 15 is 0 Å². The third-order valence-electron chi connectivity index (χ3n) is 2.42. The van der Waals surface area contributed by atoms with Crippen molar-refractivity contribution < 1.29 is 9.84 Å². The molecule has 0 aliphatic rings. The van der Waals surface area contributed by atoms with Gasteiger partial charge in [0, 0.05) is 36.8 Å². The van der Waals surface area contributed by atoms with E-state index in [0.29, 0.717) is 18.1 Å². The quantitative estimate of drug-likeness (QED) is 0.467. The Kier molecular flexibility index (Phi) is 15.4. The van der Waals surface area contributed by atoms with Gasteiger partial charge in [-0.2, -0.15) is 0 Å². The number of hydrogen-bond acceptors (Lipinski definition) is 4. The Balaban J connectivity index is 0. The van der Waals surface area contributed by atoms with Crippen LogP contribution in [-0.4, -0.2) is 38.0 Å². The first-order valence-electron chi connectivity index (χ1n) is 6.15. The number of ether oxygens (including phenoxy) is 1. The van der Waals surface area contributed by atoms with Crippen molar-refractivity contribution in [3.05, 3.63) is 28.8 Å². The van der Waals surface area contributed by atoms with Gasteiger partial charge >= 0.3 is 0 Å². The molecule has 1 aromatic rings. The van der Waals surface area contributed by atoms with Gasteiger partial charge in [0.05, 0.1) is 6.61 Å². The van der Waals surface area contributed by atoms with Gasteiger partial charge < -0.3 is 20.5 Å². The number of aliphatic hydroxyl groups excluding tert-OH is 1. The standard InChI is InChI=1S/C14H19ClN2O2.2ClH/c1-2-9-19-14-4-3-13(15)10-12(14)11-17-6-5-16-7-8-18;;/h1,3-4,10,16-18H,5-9,11H2;2*1H. The van der Waals surface area contributed by atoms with E-state index in [0.717, 1.165) is 24.4 Å². The summed E-state index contributed by atoms with van der Waals surface area (Å²) in [6.45, 7) is 3.24. The van der Waals surface area contributed by atoms with Gasteiger partial charge in [-0.05, 0) is 18.2 Å². The molecule has 3 N–H and O–H groups in total. The highest BCUT2D eigenvalue weighted by Gasteiger charge is 2.04. The first kappa shape index (κ1) is 22.6. The lowest BCUT2D eigenvalue weighted by Crippen LogP contribution is -2.28. The van der Waals surface area contributed by atoms with Crippen molar-refractivity contribution in [1.82, 2.24) is 10.6 Å². The molecular formula is C14H21Cl3N2O2. The molecule has 1 aromatic carbocycles. The van der Waals surface area contributed by atoms with Crippen LogP contribution < -0.4 is 15.4 Å². The van der Waals surface area contributed by atoms with Gasteiger partial charge in [0.15, 0.2) is 0 Å². The summed E-state index contributed by atoms with van der Waals surface area (Å²) in [6, 6.07) is 5.46. The van der Waals surface area contributed by atoms with Crippen LogP contribution in [0.25, 0.3) is 0 Å². The molecule has 0 unspecified atom stereocenters. The predicted molar refractivity (Wildman–Crippen MR) is 91.9 cm³/mol. The fourth-order valence-electron chi connectivity index (χ4n) is 1.55. The first-order chi connectivity index (χ1) is 9.27. The van der Waals surface area contributed by atoms with Crippen LogP contribution in [-0.2, 0) is 6.54 Å². The summed E-state index contributed by atoms with van der Waals surface area (Å²) in [6.07, 6.45) is 5.18. The Hall–Kier alpha value is -0.670. The zero-order valence-electron chi connectivity index (χ0n) is 11.6. The van der Waals surface area contributed by atoms with Crippen molar-refractivity contribution in [2.75, 3.05) is 32.8 Å². The van der Waals surface area contributed by atoms with Crippen LogP contribution in [0.5, 0.6) is 5.75 Å². The molecule has 120 valence electrons. The summed E-state index contributed by atoms with van der Waals surface area (Å²) in [4.78, 5) is 0. The average Bonchev–Trinajstić information content (AvgIpc) is 2.42. The van der Waals surface area contributed by atoms with Crippen molar-refractivity contribution in [3.8, 4) is 18.1 Å². The number of benzene rings is 1. The smallest absolute Gasteiger partial charge is 0.148 e. The summed E-state index contributed by atoms with van der Waals surface area (Å²) in [5.74, 6) is 3.19. The Morgan fingerprint density at radius 1 is 1.19 bits per heavy atom. The van der Waals surface area contributed by atoms with Crippen molar-refractivity contribution in [2.45, 2.75) is 6.54 Å². The number of rotatable bonds is 9. The molecular weight excluding hydrogens is 335 g/mol. The third-order valence-corrected chi connectivity index (χ3v) is 2.65. The minimum atomic E-state index is 0. The van der Waals surface area contributed by atoms with Crippen LogP contribution >= 0.6 is 36.4 Å². The average molecular weight is 356 g/mol. The van der Waals surface area contributed by atoms with Crippen molar-refractivity contribution in [2.24, 2.45) is 0 Å². The molecule has 21 heavy (non-hydrogen) atoms. The summed E-state index contributed by atoms with van der Waals surface area (Å²) < 4.78 is 5.45. The number of halogens is 3. The molecule has 0 atom stereocenters. The number of aliphatic hydroxyl groups is 1. The molecule has 0 bridgehead atoms. The Labute approximate surface area is 143 Å². The number of nitrogens with one attached hydrogen (secondary N) is 2. The molecule has 4 nitrogen and oxygen atoms in total. The molecule has 0 amide bonds. The van der Waals surface area contributed by atoms with E-state index in [2.05, 4.69) is 16.6 Å². The second-order valence-electron chi connectivity index (χ2n) is 3.90. The maximum absolute atomic E-state index is 8.62. The fraction of sp³-hybridized carbons (Fsp3) is 0.429. The summed E-state index contributed by atoms with van der Waals surface area (Å²) in [5, 5.41) is 15.6. The van der Waals surface area contributed by atoms with Crippen molar-refractivity contribution in [1.29, 1.82) is 0 Å². The minimum absolute atomic E-state index is 0. The Morgan fingerprint density at radius 2 is 1.90 bits per heavy atom. The largest absolute Gasteiger partial charge is 0.481 e. The van der Waals surface area contributed by atoms with Crippen LogP contribution in [0.3, 0.4) is 0 Å². The van der Waals surface area contributed by atoms with Gasteiger partial charge in [-0.3, -0.25) is 0 Å². The molecule has 0 spiro atoms. The zero-order chi connectivity index (χ0) is 13.9. The van der Waals surface area contributed by atoms with Gasteiger partial charge in [0.25, 0.3) is 0 Å². The van der Waals surface area contributed by atoms with Gasteiger partial charge in [0.2, 0.25) is 0 Å². The van der Waals surface area contributed by atoms with E-state index in [1.807, 2.05) is 12.1 Å².